The molecule has 1 aromatic rings. The lowest BCUT2D eigenvalue weighted by Crippen LogP contribution is -2.50. The molecule has 1 fully saturated rings. The maximum absolute atomic E-state index is 11.9. The molecule has 1 unspecified atom stereocenters. The molecule has 0 aliphatic carbocycles. The third kappa shape index (κ3) is 3.94. The first-order valence-electron chi connectivity index (χ1n) is 7.55. The first-order chi connectivity index (χ1) is 9.90. The Hall–Kier alpha value is -1.62. The molecule has 5 heteroatoms. The third-order valence-corrected chi connectivity index (χ3v) is 4.23. The fraction of sp³-hybridized carbons (Fsp3) is 0.625. The van der Waals surface area contributed by atoms with Crippen LogP contribution in [-0.4, -0.2) is 49.0 Å². The molecule has 0 spiro atoms. The lowest BCUT2D eigenvalue weighted by molar-refractivity contribution is 0.0822. The van der Waals surface area contributed by atoms with E-state index >= 15 is 0 Å². The predicted octanol–water partition coefficient (Wildman–Crippen LogP) is 1.97. The number of carbonyl (C=O) groups is 1. The first kappa shape index (κ1) is 15.8. The third-order valence-electron chi connectivity index (χ3n) is 4.23. The molecule has 2 N–H and O–H groups in total. The summed E-state index contributed by atoms with van der Waals surface area (Å²) in [4.78, 5) is 17.6. The average Bonchev–Trinajstić information content (AvgIpc) is 2.45. The molecule has 116 valence electrons. The number of nitrogens with zero attached hydrogens (tertiary/aromatic N) is 2. The summed E-state index contributed by atoms with van der Waals surface area (Å²) in [5.74, 6) is -0.0743. The summed E-state index contributed by atoms with van der Waals surface area (Å²) in [6, 6.07) is 4.16. The molecule has 5 nitrogen and oxygen atoms in total. The van der Waals surface area contributed by atoms with Gasteiger partial charge in [-0.25, -0.2) is 0 Å². The number of anilines is 1. The highest BCUT2D eigenvalue weighted by atomic mass is 16.2. The molecule has 2 heterocycles. The van der Waals surface area contributed by atoms with Crippen LogP contribution in [0.1, 0.15) is 37.2 Å². The zero-order valence-electron chi connectivity index (χ0n) is 13.4. The van der Waals surface area contributed by atoms with Crippen molar-refractivity contribution in [1.82, 2.24) is 15.2 Å². The number of pyridine rings is 1. The second kappa shape index (κ2) is 6.43. The molecule has 1 aromatic heterocycles. The Balaban J connectivity index is 2.00. The molecular weight excluding hydrogens is 264 g/mol. The largest absolute Gasteiger partial charge is 0.383 e. The maximum atomic E-state index is 11.9. The number of hydrogen-bond acceptors (Lipinski definition) is 4. The van der Waals surface area contributed by atoms with E-state index in [0.29, 0.717) is 17.2 Å². The summed E-state index contributed by atoms with van der Waals surface area (Å²) in [5, 5.41) is 7.01. The Bertz CT molecular complexity index is 499. The first-order valence-corrected chi connectivity index (χ1v) is 7.55. The van der Waals surface area contributed by atoms with Crippen LogP contribution in [0.3, 0.4) is 0 Å². The smallest absolute Gasteiger partial charge is 0.272 e. The van der Waals surface area contributed by atoms with E-state index in [1.165, 1.54) is 17.7 Å². The molecule has 1 amide bonds. The number of hydrogen-bond donors (Lipinski definition) is 2. The van der Waals surface area contributed by atoms with E-state index in [2.05, 4.69) is 29.5 Å². The molecule has 0 radical (unpaired) electrons. The maximum Gasteiger partial charge on any atom is 0.272 e. The summed E-state index contributed by atoms with van der Waals surface area (Å²) >= 11 is 0. The van der Waals surface area contributed by atoms with Gasteiger partial charge in [0.05, 0.1) is 0 Å². The number of carbonyl (C=O) groups excluding carboxylic acids is 1. The molecule has 0 aromatic carbocycles. The molecule has 0 saturated carbocycles. The van der Waals surface area contributed by atoms with Crippen LogP contribution in [0.15, 0.2) is 18.3 Å². The molecule has 21 heavy (non-hydrogen) atoms. The lowest BCUT2D eigenvalue weighted by Gasteiger charge is -2.39. The van der Waals surface area contributed by atoms with Crippen molar-refractivity contribution < 1.29 is 4.79 Å². The zero-order chi connectivity index (χ0) is 15.5. The normalized spacial score (nSPS) is 20.9. The number of piperidine rings is 1. The number of rotatable bonds is 4. The monoisotopic (exact) mass is 290 g/mol. The Morgan fingerprint density at radius 2 is 2.29 bits per heavy atom. The molecule has 1 aliphatic rings. The van der Waals surface area contributed by atoms with E-state index in [4.69, 9.17) is 0 Å². The van der Waals surface area contributed by atoms with Crippen LogP contribution in [0.4, 0.5) is 5.69 Å². The van der Waals surface area contributed by atoms with Gasteiger partial charge in [0.25, 0.3) is 5.91 Å². The Kier molecular flexibility index (Phi) is 4.83. The van der Waals surface area contributed by atoms with E-state index in [9.17, 15) is 4.79 Å². The quantitative estimate of drug-likeness (QED) is 0.890. The van der Waals surface area contributed by atoms with Crippen molar-refractivity contribution in [2.75, 3.05) is 32.5 Å². The van der Waals surface area contributed by atoms with Crippen molar-refractivity contribution in [3.8, 4) is 0 Å². The van der Waals surface area contributed by atoms with E-state index in [1.54, 1.807) is 20.3 Å². The minimum absolute atomic E-state index is 0.0743. The van der Waals surface area contributed by atoms with Gasteiger partial charge in [0.2, 0.25) is 0 Å². The van der Waals surface area contributed by atoms with E-state index in [1.807, 2.05) is 12.1 Å². The van der Waals surface area contributed by atoms with Crippen LogP contribution < -0.4 is 10.6 Å². The fourth-order valence-corrected chi connectivity index (χ4v) is 2.73. The highest BCUT2D eigenvalue weighted by Crippen LogP contribution is 2.30. The zero-order valence-corrected chi connectivity index (χ0v) is 13.4. The van der Waals surface area contributed by atoms with Crippen LogP contribution >= 0.6 is 0 Å². The van der Waals surface area contributed by atoms with Crippen LogP contribution in [0, 0.1) is 5.41 Å². The van der Waals surface area contributed by atoms with Gasteiger partial charge in [-0.3, -0.25) is 9.78 Å². The average molecular weight is 290 g/mol. The Morgan fingerprint density at radius 3 is 2.95 bits per heavy atom. The minimum Gasteiger partial charge on any atom is -0.383 e. The summed E-state index contributed by atoms with van der Waals surface area (Å²) in [7, 11) is 3.47. The van der Waals surface area contributed by atoms with Crippen molar-refractivity contribution in [1.29, 1.82) is 0 Å². The van der Waals surface area contributed by atoms with Gasteiger partial charge in [-0.05, 0) is 36.9 Å². The van der Waals surface area contributed by atoms with Gasteiger partial charge in [-0.15, -0.1) is 0 Å². The fourth-order valence-electron chi connectivity index (χ4n) is 2.73. The van der Waals surface area contributed by atoms with E-state index in [0.717, 1.165) is 18.8 Å². The molecular formula is C16H26N4O. The molecule has 2 rings (SSSR count). The van der Waals surface area contributed by atoms with Gasteiger partial charge in [-0.2, -0.15) is 0 Å². The van der Waals surface area contributed by atoms with Gasteiger partial charge >= 0.3 is 0 Å². The predicted molar refractivity (Wildman–Crippen MR) is 85.5 cm³/mol. The summed E-state index contributed by atoms with van der Waals surface area (Å²) in [6.45, 7) is 6.54. The second-order valence-corrected chi connectivity index (χ2v) is 6.61. The SMILES string of the molecule is CN(C)C(=O)c1cc(NCC2NCCCC2(C)C)ccn1. The van der Waals surface area contributed by atoms with E-state index < -0.39 is 0 Å². The van der Waals surface area contributed by atoms with Crippen molar-refractivity contribution in [2.45, 2.75) is 32.7 Å². The summed E-state index contributed by atoms with van der Waals surface area (Å²) in [5.41, 5.74) is 1.71. The van der Waals surface area contributed by atoms with Gasteiger partial charge in [-0.1, -0.05) is 13.8 Å². The van der Waals surface area contributed by atoms with Crippen LogP contribution in [0.2, 0.25) is 0 Å². The number of aromatic nitrogens is 1. The van der Waals surface area contributed by atoms with Crippen LogP contribution in [0.25, 0.3) is 0 Å². The molecule has 1 aliphatic heterocycles. The van der Waals surface area contributed by atoms with Gasteiger partial charge in [0, 0.05) is 38.6 Å². The Morgan fingerprint density at radius 1 is 1.52 bits per heavy atom. The number of nitrogens with one attached hydrogen (secondary N) is 2. The molecule has 0 bridgehead atoms. The second-order valence-electron chi connectivity index (χ2n) is 6.61. The lowest BCUT2D eigenvalue weighted by atomic mass is 9.77. The number of amides is 1. The van der Waals surface area contributed by atoms with Crippen LogP contribution in [-0.2, 0) is 0 Å². The topological polar surface area (TPSA) is 57.3 Å². The minimum atomic E-state index is -0.0743. The standard InChI is InChI=1S/C16H26N4O/c1-16(2)7-5-8-18-14(16)11-19-12-6-9-17-13(10-12)15(21)20(3)4/h6,9-10,14,18H,5,7-8,11H2,1-4H3,(H,17,19). The summed E-state index contributed by atoms with van der Waals surface area (Å²) in [6.07, 6.45) is 4.16. The van der Waals surface area contributed by atoms with Crippen molar-refractivity contribution in [3.63, 3.8) is 0 Å². The Labute approximate surface area is 127 Å². The van der Waals surface area contributed by atoms with Crippen LogP contribution in [0.5, 0.6) is 0 Å². The van der Waals surface area contributed by atoms with Crippen molar-refractivity contribution in [3.05, 3.63) is 24.0 Å². The highest BCUT2D eigenvalue weighted by molar-refractivity contribution is 5.92. The molecule has 1 atom stereocenters. The van der Waals surface area contributed by atoms with Crippen molar-refractivity contribution in [2.24, 2.45) is 5.41 Å². The highest BCUT2D eigenvalue weighted by Gasteiger charge is 2.31. The van der Waals surface area contributed by atoms with Gasteiger partial charge < -0.3 is 15.5 Å². The molecule has 1 saturated heterocycles. The summed E-state index contributed by atoms with van der Waals surface area (Å²) < 4.78 is 0. The van der Waals surface area contributed by atoms with Gasteiger partial charge in [0.1, 0.15) is 5.69 Å². The van der Waals surface area contributed by atoms with Gasteiger partial charge in [0.15, 0.2) is 0 Å². The van der Waals surface area contributed by atoms with E-state index in [-0.39, 0.29) is 5.91 Å². The van der Waals surface area contributed by atoms with Crippen molar-refractivity contribution >= 4 is 11.6 Å².